The van der Waals surface area contributed by atoms with Crippen molar-refractivity contribution in [2.45, 2.75) is 6.04 Å². The quantitative estimate of drug-likeness (QED) is 0.637. The molecular weight excluding hydrogens is 232 g/mol. The molecule has 1 aromatic rings. The zero-order valence-electron chi connectivity index (χ0n) is 9.87. The van der Waals surface area contributed by atoms with Gasteiger partial charge in [-0.25, -0.2) is 0 Å². The SMILES string of the molecule is N#CC(c1ccc([N+](=O)[O-])cc1)N1CCNCC1. The average molecular weight is 246 g/mol. The van der Waals surface area contributed by atoms with Gasteiger partial charge in [0.25, 0.3) is 5.69 Å². The van der Waals surface area contributed by atoms with Gasteiger partial charge in [0.15, 0.2) is 0 Å². The van der Waals surface area contributed by atoms with Crippen molar-refractivity contribution in [2.24, 2.45) is 0 Å². The molecule has 0 spiro atoms. The summed E-state index contributed by atoms with van der Waals surface area (Å²) in [5, 5.41) is 23.1. The van der Waals surface area contributed by atoms with Gasteiger partial charge in [-0.2, -0.15) is 5.26 Å². The first-order valence-corrected chi connectivity index (χ1v) is 5.81. The van der Waals surface area contributed by atoms with Gasteiger partial charge < -0.3 is 5.32 Å². The highest BCUT2D eigenvalue weighted by Crippen LogP contribution is 2.22. The molecule has 1 heterocycles. The van der Waals surface area contributed by atoms with Gasteiger partial charge in [0.2, 0.25) is 0 Å². The monoisotopic (exact) mass is 246 g/mol. The zero-order valence-corrected chi connectivity index (χ0v) is 9.87. The fourth-order valence-electron chi connectivity index (χ4n) is 2.09. The molecule has 6 heteroatoms. The number of non-ortho nitro benzene ring substituents is 1. The van der Waals surface area contributed by atoms with Crippen LogP contribution in [0.3, 0.4) is 0 Å². The van der Waals surface area contributed by atoms with Gasteiger partial charge in [-0.1, -0.05) is 0 Å². The lowest BCUT2D eigenvalue weighted by Crippen LogP contribution is -2.44. The van der Waals surface area contributed by atoms with E-state index in [-0.39, 0.29) is 11.7 Å². The number of nitrogens with zero attached hydrogens (tertiary/aromatic N) is 3. The standard InChI is InChI=1S/C12H14N4O2/c13-9-12(15-7-5-14-6-8-15)10-1-3-11(4-2-10)16(17)18/h1-4,12,14H,5-8H2. The van der Waals surface area contributed by atoms with E-state index in [2.05, 4.69) is 16.3 Å². The third kappa shape index (κ3) is 2.64. The number of piperazine rings is 1. The van der Waals surface area contributed by atoms with E-state index < -0.39 is 4.92 Å². The lowest BCUT2D eigenvalue weighted by atomic mass is 10.1. The topological polar surface area (TPSA) is 82.2 Å². The van der Waals surface area contributed by atoms with Crippen LogP contribution in [-0.4, -0.2) is 36.0 Å². The maximum absolute atomic E-state index is 10.6. The fraction of sp³-hybridized carbons (Fsp3) is 0.417. The van der Waals surface area contributed by atoms with Crippen molar-refractivity contribution < 1.29 is 4.92 Å². The molecule has 2 rings (SSSR count). The van der Waals surface area contributed by atoms with E-state index in [4.69, 9.17) is 0 Å². The highest BCUT2D eigenvalue weighted by atomic mass is 16.6. The third-order valence-corrected chi connectivity index (χ3v) is 3.06. The number of nitriles is 1. The van der Waals surface area contributed by atoms with Gasteiger partial charge in [-0.15, -0.1) is 0 Å². The number of nitrogens with one attached hydrogen (secondary N) is 1. The number of hydrogen-bond donors (Lipinski definition) is 1. The van der Waals surface area contributed by atoms with Crippen molar-refractivity contribution in [3.05, 3.63) is 39.9 Å². The van der Waals surface area contributed by atoms with Crippen LogP contribution in [-0.2, 0) is 0 Å². The summed E-state index contributed by atoms with van der Waals surface area (Å²) in [5.41, 5.74) is 0.862. The fourth-order valence-corrected chi connectivity index (χ4v) is 2.09. The molecule has 1 aliphatic heterocycles. The van der Waals surface area contributed by atoms with Gasteiger partial charge in [-0.05, 0) is 17.7 Å². The molecular formula is C12H14N4O2. The van der Waals surface area contributed by atoms with Crippen LogP contribution in [0, 0.1) is 21.4 Å². The van der Waals surface area contributed by atoms with E-state index in [9.17, 15) is 15.4 Å². The lowest BCUT2D eigenvalue weighted by molar-refractivity contribution is -0.384. The number of rotatable bonds is 3. The van der Waals surface area contributed by atoms with Crippen LogP contribution < -0.4 is 5.32 Å². The summed E-state index contributed by atoms with van der Waals surface area (Å²) in [6, 6.07) is 8.15. The van der Waals surface area contributed by atoms with Crippen molar-refractivity contribution in [1.29, 1.82) is 5.26 Å². The molecule has 0 aromatic heterocycles. The molecule has 1 aliphatic rings. The van der Waals surface area contributed by atoms with E-state index in [0.717, 1.165) is 31.7 Å². The van der Waals surface area contributed by atoms with Crippen LogP contribution in [0.1, 0.15) is 11.6 Å². The minimum Gasteiger partial charge on any atom is -0.314 e. The van der Waals surface area contributed by atoms with E-state index in [0.29, 0.717) is 0 Å². The molecule has 0 amide bonds. The Morgan fingerprint density at radius 2 is 1.94 bits per heavy atom. The van der Waals surface area contributed by atoms with Crippen molar-refractivity contribution in [2.75, 3.05) is 26.2 Å². The Morgan fingerprint density at radius 1 is 1.33 bits per heavy atom. The van der Waals surface area contributed by atoms with Crippen LogP contribution in [0.4, 0.5) is 5.69 Å². The molecule has 1 atom stereocenters. The Morgan fingerprint density at radius 3 is 2.44 bits per heavy atom. The molecule has 0 radical (unpaired) electrons. The molecule has 0 saturated carbocycles. The van der Waals surface area contributed by atoms with Gasteiger partial charge in [-0.3, -0.25) is 15.0 Å². The summed E-state index contributed by atoms with van der Waals surface area (Å²) >= 11 is 0. The summed E-state index contributed by atoms with van der Waals surface area (Å²) in [7, 11) is 0. The first-order valence-electron chi connectivity index (χ1n) is 5.81. The van der Waals surface area contributed by atoms with Gasteiger partial charge in [0.05, 0.1) is 11.0 Å². The number of hydrogen-bond acceptors (Lipinski definition) is 5. The van der Waals surface area contributed by atoms with Crippen molar-refractivity contribution in [3.8, 4) is 6.07 Å². The second-order valence-electron chi connectivity index (χ2n) is 4.17. The predicted molar refractivity (Wildman–Crippen MR) is 65.9 cm³/mol. The summed E-state index contributed by atoms with van der Waals surface area (Å²) < 4.78 is 0. The minimum absolute atomic E-state index is 0.0516. The van der Waals surface area contributed by atoms with E-state index in [1.54, 1.807) is 12.1 Å². The van der Waals surface area contributed by atoms with Crippen LogP contribution in [0.15, 0.2) is 24.3 Å². The summed E-state index contributed by atoms with van der Waals surface area (Å²) in [6.45, 7) is 3.36. The smallest absolute Gasteiger partial charge is 0.269 e. The Hall–Kier alpha value is -1.97. The third-order valence-electron chi connectivity index (χ3n) is 3.06. The number of nitro benzene ring substituents is 1. The Labute approximate surface area is 105 Å². The second-order valence-corrected chi connectivity index (χ2v) is 4.17. The number of nitro groups is 1. The largest absolute Gasteiger partial charge is 0.314 e. The maximum atomic E-state index is 10.6. The average Bonchev–Trinajstić information content (AvgIpc) is 2.41. The molecule has 1 N–H and O–H groups in total. The molecule has 1 fully saturated rings. The molecule has 0 bridgehead atoms. The summed E-state index contributed by atoms with van der Waals surface area (Å²) in [6.07, 6.45) is 0. The lowest BCUT2D eigenvalue weighted by Gasteiger charge is -2.31. The van der Waals surface area contributed by atoms with E-state index >= 15 is 0 Å². The Kier molecular flexibility index (Phi) is 3.87. The van der Waals surface area contributed by atoms with Crippen molar-refractivity contribution >= 4 is 5.69 Å². The second kappa shape index (κ2) is 5.58. The van der Waals surface area contributed by atoms with Gasteiger partial charge >= 0.3 is 0 Å². The molecule has 1 unspecified atom stereocenters. The summed E-state index contributed by atoms with van der Waals surface area (Å²) in [4.78, 5) is 12.2. The van der Waals surface area contributed by atoms with Crippen LogP contribution >= 0.6 is 0 Å². The molecule has 0 aliphatic carbocycles. The van der Waals surface area contributed by atoms with Gasteiger partial charge in [0, 0.05) is 38.3 Å². The molecule has 94 valence electrons. The first-order chi connectivity index (χ1) is 8.72. The summed E-state index contributed by atoms with van der Waals surface area (Å²) in [5.74, 6) is 0. The van der Waals surface area contributed by atoms with Crippen molar-refractivity contribution in [1.82, 2.24) is 10.2 Å². The van der Waals surface area contributed by atoms with E-state index in [1.165, 1.54) is 12.1 Å². The Bertz CT molecular complexity index is 460. The zero-order chi connectivity index (χ0) is 13.0. The highest BCUT2D eigenvalue weighted by molar-refractivity contribution is 5.36. The van der Waals surface area contributed by atoms with Crippen LogP contribution in [0.2, 0.25) is 0 Å². The predicted octanol–water partition coefficient (Wildman–Crippen LogP) is 1.06. The molecule has 6 nitrogen and oxygen atoms in total. The normalized spacial score (nSPS) is 17.9. The van der Waals surface area contributed by atoms with Gasteiger partial charge in [0.1, 0.15) is 6.04 Å². The Balaban J connectivity index is 2.17. The van der Waals surface area contributed by atoms with Crippen molar-refractivity contribution in [3.63, 3.8) is 0 Å². The minimum atomic E-state index is -0.435. The van der Waals surface area contributed by atoms with Crippen LogP contribution in [0.25, 0.3) is 0 Å². The molecule has 1 saturated heterocycles. The molecule has 1 aromatic carbocycles. The maximum Gasteiger partial charge on any atom is 0.269 e. The number of benzene rings is 1. The first kappa shape index (κ1) is 12.5. The van der Waals surface area contributed by atoms with Crippen LogP contribution in [0.5, 0.6) is 0 Å². The van der Waals surface area contributed by atoms with E-state index in [1.807, 2.05) is 0 Å². The highest BCUT2D eigenvalue weighted by Gasteiger charge is 2.22. The molecule has 18 heavy (non-hydrogen) atoms.